The van der Waals surface area contributed by atoms with Crippen molar-refractivity contribution in [2.75, 3.05) is 47.5 Å². The number of ether oxygens (including phenoxy) is 4. The summed E-state index contributed by atoms with van der Waals surface area (Å²) in [5.41, 5.74) is 0. The van der Waals surface area contributed by atoms with E-state index in [1.54, 1.807) is 0 Å². The van der Waals surface area contributed by atoms with Crippen LogP contribution in [0.25, 0.3) is 0 Å². The fraction of sp³-hybridized carbons (Fsp3) is 0.868. The number of quaternary nitrogens is 1. The van der Waals surface area contributed by atoms with Crippen LogP contribution in [0, 0.1) is 0 Å². The number of carboxylic acid groups (broad SMARTS) is 1. The summed E-state index contributed by atoms with van der Waals surface area (Å²) < 4.78 is 22.8. The quantitative estimate of drug-likeness (QED) is 0.0212. The molecule has 0 saturated heterocycles. The Kier molecular flexibility index (Phi) is 43.7. The van der Waals surface area contributed by atoms with Crippen LogP contribution in [0.15, 0.2) is 24.3 Å². The van der Waals surface area contributed by atoms with Crippen molar-refractivity contribution in [3.63, 3.8) is 0 Å². The van der Waals surface area contributed by atoms with Crippen LogP contribution >= 0.6 is 0 Å². The molecular weight excluding hydrogens is 779 g/mol. The molecule has 0 aliphatic heterocycles. The third-order valence-corrected chi connectivity index (χ3v) is 11.5. The highest BCUT2D eigenvalue weighted by molar-refractivity contribution is 5.71. The third kappa shape index (κ3) is 45.8. The van der Waals surface area contributed by atoms with Crippen LogP contribution in [-0.2, 0) is 33.3 Å². The summed E-state index contributed by atoms with van der Waals surface area (Å²) in [6.45, 7) is 4.89. The van der Waals surface area contributed by atoms with Crippen molar-refractivity contribution < 1.29 is 42.9 Å². The molecule has 2 unspecified atom stereocenters. The molecule has 0 amide bonds. The molecule has 9 nitrogen and oxygen atoms in total. The lowest BCUT2D eigenvalue weighted by Crippen LogP contribution is -2.40. The topological polar surface area (TPSA) is 108 Å². The van der Waals surface area contributed by atoms with Gasteiger partial charge in [0.2, 0.25) is 0 Å². The summed E-state index contributed by atoms with van der Waals surface area (Å²) in [7, 11) is 5.97. The number of unbranched alkanes of at least 4 members (excludes halogenated alkanes) is 29. The van der Waals surface area contributed by atoms with E-state index in [0.29, 0.717) is 17.4 Å². The van der Waals surface area contributed by atoms with Gasteiger partial charge in [-0.3, -0.25) is 9.59 Å². The maximum atomic E-state index is 12.8. The summed E-state index contributed by atoms with van der Waals surface area (Å²) >= 11 is 0. The first-order chi connectivity index (χ1) is 30.1. The number of rotatable bonds is 48. The normalized spacial score (nSPS) is 13.0. The maximum Gasteiger partial charge on any atom is 0.361 e. The summed E-state index contributed by atoms with van der Waals surface area (Å²) in [6.07, 6.45) is 48.0. The average Bonchev–Trinajstić information content (AvgIpc) is 3.23. The molecule has 0 heterocycles. The number of carbonyl (C=O) groups is 3. The van der Waals surface area contributed by atoms with Crippen LogP contribution in [0.3, 0.4) is 0 Å². The van der Waals surface area contributed by atoms with Gasteiger partial charge in [0, 0.05) is 12.8 Å². The SMILES string of the molecule is CCCCCCC/C=C\C/C=C\CCCCCCCCCCCC(=O)OC(COC(=O)CCCCCCCCCCCCCCCCCC)COC(OCC[N+](C)(C)C)C(=O)O. The van der Waals surface area contributed by atoms with E-state index in [1.165, 1.54) is 161 Å². The van der Waals surface area contributed by atoms with Gasteiger partial charge < -0.3 is 28.5 Å². The number of esters is 2. The number of likely N-dealkylation sites (N-methyl/N-ethyl adjacent to an activating group) is 1. The van der Waals surface area contributed by atoms with E-state index in [2.05, 4.69) is 38.2 Å². The molecule has 0 aromatic heterocycles. The molecule has 0 spiro atoms. The molecule has 0 aromatic carbocycles. The van der Waals surface area contributed by atoms with Crippen LogP contribution in [0.2, 0.25) is 0 Å². The Morgan fingerprint density at radius 1 is 0.484 bits per heavy atom. The fourth-order valence-corrected chi connectivity index (χ4v) is 7.40. The Bertz CT molecular complexity index is 1070. The maximum absolute atomic E-state index is 12.8. The summed E-state index contributed by atoms with van der Waals surface area (Å²) in [4.78, 5) is 37.3. The van der Waals surface area contributed by atoms with Crippen LogP contribution < -0.4 is 0 Å². The Morgan fingerprint density at radius 2 is 0.871 bits per heavy atom. The number of nitrogens with zero attached hydrogens (tertiary/aromatic N) is 1. The second-order valence-electron chi connectivity index (χ2n) is 18.8. The van der Waals surface area contributed by atoms with Crippen molar-refractivity contribution in [3.8, 4) is 0 Å². The predicted molar refractivity (Wildman–Crippen MR) is 258 cm³/mol. The van der Waals surface area contributed by atoms with E-state index in [1.807, 2.05) is 21.1 Å². The van der Waals surface area contributed by atoms with Crippen molar-refractivity contribution >= 4 is 17.9 Å². The van der Waals surface area contributed by atoms with Crippen molar-refractivity contribution in [1.82, 2.24) is 0 Å². The number of aliphatic carboxylic acids is 1. The fourth-order valence-electron chi connectivity index (χ4n) is 7.40. The molecule has 0 fully saturated rings. The van der Waals surface area contributed by atoms with E-state index in [4.69, 9.17) is 18.9 Å². The van der Waals surface area contributed by atoms with Gasteiger partial charge in [0.15, 0.2) is 6.10 Å². The molecule has 62 heavy (non-hydrogen) atoms. The Balaban J connectivity index is 4.32. The molecule has 9 heteroatoms. The van der Waals surface area contributed by atoms with Gasteiger partial charge in [-0.25, -0.2) is 4.79 Å². The zero-order valence-electron chi connectivity index (χ0n) is 41.3. The van der Waals surface area contributed by atoms with E-state index in [9.17, 15) is 19.5 Å². The molecule has 0 bridgehead atoms. The number of hydrogen-bond acceptors (Lipinski definition) is 7. The standard InChI is InChI=1S/C53H99NO8/c1-6-8-10-12-14-16-18-20-22-24-25-26-27-28-30-32-34-36-38-40-42-44-51(56)62-49(48-61-53(52(57)58)59-46-45-54(3,4)5)47-60-50(55)43-41-39-37-35-33-31-29-23-21-19-17-15-13-11-9-7-2/h18,20,24-25,49,53H,6-17,19,21-23,26-48H2,1-5H3/p+1/b20-18-,25-24-. The molecule has 364 valence electrons. The number of hydrogen-bond donors (Lipinski definition) is 1. The zero-order chi connectivity index (χ0) is 45.6. The summed E-state index contributed by atoms with van der Waals surface area (Å²) in [5, 5.41) is 9.67. The highest BCUT2D eigenvalue weighted by Crippen LogP contribution is 2.16. The number of carboxylic acids is 1. The lowest BCUT2D eigenvalue weighted by Gasteiger charge is -2.25. The predicted octanol–water partition coefficient (Wildman–Crippen LogP) is 14.4. The molecule has 0 saturated carbocycles. The second-order valence-corrected chi connectivity index (χ2v) is 18.8. The van der Waals surface area contributed by atoms with Gasteiger partial charge in [0.05, 0.1) is 34.4 Å². The minimum Gasteiger partial charge on any atom is -0.477 e. The van der Waals surface area contributed by atoms with E-state index in [0.717, 1.165) is 51.4 Å². The first kappa shape index (κ1) is 59.8. The number of carbonyl (C=O) groups excluding carboxylic acids is 2. The minimum absolute atomic E-state index is 0.179. The van der Waals surface area contributed by atoms with Gasteiger partial charge in [0.25, 0.3) is 6.29 Å². The largest absolute Gasteiger partial charge is 0.477 e. The first-order valence-electron chi connectivity index (χ1n) is 26.0. The van der Waals surface area contributed by atoms with Gasteiger partial charge in [-0.2, -0.15) is 0 Å². The van der Waals surface area contributed by atoms with Gasteiger partial charge in [-0.1, -0.05) is 205 Å². The molecule has 1 N–H and O–H groups in total. The van der Waals surface area contributed by atoms with Crippen LogP contribution in [0.1, 0.15) is 239 Å². The van der Waals surface area contributed by atoms with E-state index >= 15 is 0 Å². The zero-order valence-corrected chi connectivity index (χ0v) is 41.3. The van der Waals surface area contributed by atoms with E-state index < -0.39 is 24.3 Å². The molecule has 0 aliphatic rings. The van der Waals surface area contributed by atoms with Crippen LogP contribution in [-0.4, -0.2) is 87.4 Å². The Morgan fingerprint density at radius 3 is 1.27 bits per heavy atom. The molecule has 2 atom stereocenters. The Hall–Kier alpha value is -2.23. The second kappa shape index (κ2) is 45.3. The summed E-state index contributed by atoms with van der Waals surface area (Å²) in [5.74, 6) is -2.00. The van der Waals surface area contributed by atoms with Gasteiger partial charge in [0.1, 0.15) is 13.2 Å². The monoisotopic (exact) mass is 879 g/mol. The minimum atomic E-state index is -1.51. The third-order valence-electron chi connectivity index (χ3n) is 11.5. The van der Waals surface area contributed by atoms with Crippen molar-refractivity contribution in [3.05, 3.63) is 24.3 Å². The van der Waals surface area contributed by atoms with Crippen molar-refractivity contribution in [2.24, 2.45) is 0 Å². The Labute approximate surface area is 382 Å². The summed E-state index contributed by atoms with van der Waals surface area (Å²) in [6, 6.07) is 0. The van der Waals surface area contributed by atoms with Gasteiger partial charge >= 0.3 is 17.9 Å². The molecule has 0 aromatic rings. The van der Waals surface area contributed by atoms with Gasteiger partial charge in [-0.15, -0.1) is 0 Å². The van der Waals surface area contributed by atoms with Crippen LogP contribution in [0.4, 0.5) is 0 Å². The average molecular weight is 879 g/mol. The van der Waals surface area contributed by atoms with Crippen molar-refractivity contribution in [1.29, 1.82) is 0 Å². The first-order valence-corrected chi connectivity index (χ1v) is 26.0. The molecule has 0 radical (unpaired) electrons. The number of allylic oxidation sites excluding steroid dienone is 4. The lowest BCUT2D eigenvalue weighted by molar-refractivity contribution is -0.870. The van der Waals surface area contributed by atoms with Crippen molar-refractivity contribution in [2.45, 2.75) is 251 Å². The smallest absolute Gasteiger partial charge is 0.361 e. The van der Waals surface area contributed by atoms with Crippen LogP contribution in [0.5, 0.6) is 0 Å². The highest BCUT2D eigenvalue weighted by Gasteiger charge is 2.25. The lowest BCUT2D eigenvalue weighted by atomic mass is 10.0. The van der Waals surface area contributed by atoms with Gasteiger partial charge in [-0.05, 0) is 44.9 Å². The molecular formula is C53H100NO8+. The molecule has 0 aliphatic carbocycles. The van der Waals surface area contributed by atoms with E-state index in [-0.39, 0.29) is 32.2 Å². The molecule has 0 rings (SSSR count). The highest BCUT2D eigenvalue weighted by atomic mass is 16.7.